The van der Waals surface area contributed by atoms with Gasteiger partial charge in [0.05, 0.1) is 0 Å². The number of rotatable bonds is 6. The minimum atomic E-state index is 0. The van der Waals surface area contributed by atoms with Crippen molar-refractivity contribution < 1.29 is 10.2 Å². The van der Waals surface area contributed by atoms with E-state index in [0.29, 0.717) is 29.4 Å². The van der Waals surface area contributed by atoms with Crippen LogP contribution < -0.4 is 0 Å². The first-order valence-electron chi connectivity index (χ1n) is 10.4. The van der Waals surface area contributed by atoms with Crippen LogP contribution in [-0.2, 0) is 0 Å². The van der Waals surface area contributed by atoms with Gasteiger partial charge >= 0.3 is 0 Å². The van der Waals surface area contributed by atoms with E-state index >= 15 is 0 Å². The Morgan fingerprint density at radius 1 is 0.793 bits per heavy atom. The molecule has 3 heteroatoms. The summed E-state index contributed by atoms with van der Waals surface area (Å²) in [5.41, 5.74) is 3.58. The third-order valence-corrected chi connectivity index (χ3v) is 5.63. The van der Waals surface area contributed by atoms with Gasteiger partial charge in [-0.15, -0.1) is 0 Å². The molecule has 0 saturated carbocycles. The van der Waals surface area contributed by atoms with E-state index in [4.69, 9.17) is 5.11 Å². The molecule has 164 valence electrons. The highest BCUT2D eigenvalue weighted by Gasteiger charge is 2.19. The van der Waals surface area contributed by atoms with Crippen LogP contribution in [0.2, 0.25) is 0 Å². The van der Waals surface area contributed by atoms with E-state index in [2.05, 4.69) is 66.5 Å². The number of hydrogen-bond acceptors (Lipinski definition) is 3. The van der Waals surface area contributed by atoms with E-state index in [0.717, 1.165) is 12.0 Å². The standard InChI is InChI=1S/C16H27NO.C9H12O.CH4/c1-7-12(4)17(6)13(5)15-10-14(11(2)3)8-9-16(15)18;1-7(2)8-3-5-9(10)6-4-8;/h8-13,18H,7H2,1-6H3;3-7,10H,1-2H3;1H4. The van der Waals surface area contributed by atoms with E-state index in [1.165, 1.54) is 11.1 Å². The lowest BCUT2D eigenvalue weighted by atomic mass is 9.96. The summed E-state index contributed by atoms with van der Waals surface area (Å²) in [4.78, 5) is 2.32. The lowest BCUT2D eigenvalue weighted by Crippen LogP contribution is -2.31. The van der Waals surface area contributed by atoms with Crippen LogP contribution in [0.5, 0.6) is 11.5 Å². The molecule has 29 heavy (non-hydrogen) atoms. The Labute approximate surface area is 179 Å². The third kappa shape index (κ3) is 8.10. The van der Waals surface area contributed by atoms with Gasteiger partial charge in [-0.25, -0.2) is 0 Å². The molecule has 2 unspecified atom stereocenters. The van der Waals surface area contributed by atoms with Crippen molar-refractivity contribution in [2.75, 3.05) is 7.05 Å². The Bertz CT molecular complexity index is 707. The molecule has 2 aromatic carbocycles. The molecule has 0 aromatic heterocycles. The highest BCUT2D eigenvalue weighted by molar-refractivity contribution is 5.39. The number of phenolic OH excluding ortho intramolecular Hbond substituents is 2. The molecule has 0 spiro atoms. The topological polar surface area (TPSA) is 43.7 Å². The van der Waals surface area contributed by atoms with Gasteiger partial charge < -0.3 is 10.2 Å². The molecule has 2 aromatic rings. The van der Waals surface area contributed by atoms with Crippen LogP contribution in [0.15, 0.2) is 42.5 Å². The van der Waals surface area contributed by atoms with E-state index in [9.17, 15) is 5.11 Å². The SMILES string of the molecule is C.CC(C)c1ccc(O)cc1.CCC(C)N(C)C(C)c1cc(C(C)C)ccc1O. The highest BCUT2D eigenvalue weighted by atomic mass is 16.3. The van der Waals surface area contributed by atoms with Gasteiger partial charge in [0, 0.05) is 17.6 Å². The highest BCUT2D eigenvalue weighted by Crippen LogP contribution is 2.31. The van der Waals surface area contributed by atoms with E-state index < -0.39 is 0 Å². The van der Waals surface area contributed by atoms with E-state index in [1.807, 2.05) is 24.3 Å². The van der Waals surface area contributed by atoms with Crippen molar-refractivity contribution in [2.24, 2.45) is 0 Å². The summed E-state index contributed by atoms with van der Waals surface area (Å²) in [7, 11) is 2.13. The molecule has 0 aliphatic rings. The monoisotopic (exact) mass is 401 g/mol. The van der Waals surface area contributed by atoms with Crippen molar-refractivity contribution in [1.29, 1.82) is 0 Å². The average molecular weight is 402 g/mol. The first-order chi connectivity index (χ1) is 13.1. The van der Waals surface area contributed by atoms with Crippen molar-refractivity contribution in [3.05, 3.63) is 59.2 Å². The van der Waals surface area contributed by atoms with E-state index in [-0.39, 0.29) is 13.5 Å². The minimum absolute atomic E-state index is 0. The molecule has 3 nitrogen and oxygen atoms in total. The van der Waals surface area contributed by atoms with Crippen LogP contribution in [0.25, 0.3) is 0 Å². The van der Waals surface area contributed by atoms with Crippen LogP contribution in [-0.4, -0.2) is 28.2 Å². The number of aromatic hydroxyl groups is 2. The van der Waals surface area contributed by atoms with Gasteiger partial charge in [0.25, 0.3) is 0 Å². The summed E-state index contributed by atoms with van der Waals surface area (Å²) in [6.07, 6.45) is 1.12. The molecule has 0 saturated heterocycles. The molecular formula is C26H43NO2. The Kier molecular flexibility index (Phi) is 11.7. The normalized spacial score (nSPS) is 12.9. The summed E-state index contributed by atoms with van der Waals surface area (Å²) in [6, 6.07) is 14.1. The maximum absolute atomic E-state index is 10.1. The first kappa shape index (κ1) is 27.0. The van der Waals surface area contributed by atoms with Gasteiger partial charge in [0.15, 0.2) is 0 Å². The maximum atomic E-state index is 10.1. The molecule has 0 heterocycles. The zero-order chi connectivity index (χ0) is 21.4. The molecule has 2 N–H and O–H groups in total. The van der Waals surface area contributed by atoms with Crippen molar-refractivity contribution >= 4 is 0 Å². The summed E-state index contributed by atoms with van der Waals surface area (Å²) in [6.45, 7) is 15.2. The van der Waals surface area contributed by atoms with Gasteiger partial charge in [-0.3, -0.25) is 4.90 Å². The molecule has 0 amide bonds. The quantitative estimate of drug-likeness (QED) is 0.528. The molecule has 0 aliphatic carbocycles. The summed E-state index contributed by atoms with van der Waals surface area (Å²) in [5, 5.41) is 19.0. The van der Waals surface area contributed by atoms with Crippen molar-refractivity contribution in [3.63, 3.8) is 0 Å². The second-order valence-corrected chi connectivity index (χ2v) is 8.32. The molecule has 2 rings (SSSR count). The Morgan fingerprint density at radius 2 is 1.28 bits per heavy atom. The van der Waals surface area contributed by atoms with Crippen LogP contribution in [0, 0.1) is 0 Å². The van der Waals surface area contributed by atoms with Gasteiger partial charge in [-0.1, -0.05) is 66.3 Å². The number of benzene rings is 2. The fourth-order valence-electron chi connectivity index (χ4n) is 3.02. The number of hydrogen-bond donors (Lipinski definition) is 2. The van der Waals surface area contributed by atoms with Crippen molar-refractivity contribution in [3.8, 4) is 11.5 Å². The zero-order valence-corrected chi connectivity index (χ0v) is 18.9. The zero-order valence-electron chi connectivity index (χ0n) is 18.9. The second kappa shape index (κ2) is 12.5. The van der Waals surface area contributed by atoms with E-state index in [1.54, 1.807) is 12.1 Å². The fraction of sp³-hybridized carbons (Fsp3) is 0.538. The van der Waals surface area contributed by atoms with Gasteiger partial charge in [-0.2, -0.15) is 0 Å². The third-order valence-electron chi connectivity index (χ3n) is 5.63. The fourth-order valence-corrected chi connectivity index (χ4v) is 3.02. The summed E-state index contributed by atoms with van der Waals surface area (Å²) >= 11 is 0. The van der Waals surface area contributed by atoms with Crippen LogP contribution >= 0.6 is 0 Å². The van der Waals surface area contributed by atoms with Gasteiger partial charge in [0.1, 0.15) is 11.5 Å². The maximum Gasteiger partial charge on any atom is 0.120 e. The molecular weight excluding hydrogens is 358 g/mol. The smallest absolute Gasteiger partial charge is 0.120 e. The van der Waals surface area contributed by atoms with Gasteiger partial charge in [-0.05, 0) is 68.5 Å². The van der Waals surface area contributed by atoms with Crippen LogP contribution in [0.1, 0.15) is 96.9 Å². The Balaban J connectivity index is 0.000000606. The molecule has 0 fully saturated rings. The number of nitrogens with zero attached hydrogens (tertiary/aromatic N) is 1. The predicted octanol–water partition coefficient (Wildman–Crippen LogP) is 7.46. The lowest BCUT2D eigenvalue weighted by molar-refractivity contribution is 0.190. The van der Waals surface area contributed by atoms with Crippen LogP contribution in [0.3, 0.4) is 0 Å². The summed E-state index contributed by atoms with van der Waals surface area (Å²) < 4.78 is 0. The molecule has 2 atom stereocenters. The Hall–Kier alpha value is -2.00. The van der Waals surface area contributed by atoms with Crippen molar-refractivity contribution in [1.82, 2.24) is 4.90 Å². The second-order valence-electron chi connectivity index (χ2n) is 8.32. The Morgan fingerprint density at radius 3 is 1.72 bits per heavy atom. The molecule has 0 bridgehead atoms. The lowest BCUT2D eigenvalue weighted by Gasteiger charge is -2.31. The van der Waals surface area contributed by atoms with Crippen LogP contribution in [0.4, 0.5) is 0 Å². The molecule has 0 radical (unpaired) electrons. The largest absolute Gasteiger partial charge is 0.508 e. The predicted molar refractivity (Wildman–Crippen MR) is 127 cm³/mol. The average Bonchev–Trinajstić information content (AvgIpc) is 2.67. The van der Waals surface area contributed by atoms with Crippen molar-refractivity contribution in [2.45, 2.75) is 86.2 Å². The molecule has 0 aliphatic heterocycles. The van der Waals surface area contributed by atoms with Gasteiger partial charge in [0.2, 0.25) is 0 Å². The first-order valence-corrected chi connectivity index (χ1v) is 10.4. The minimum Gasteiger partial charge on any atom is -0.508 e. The summed E-state index contributed by atoms with van der Waals surface area (Å²) in [5.74, 6) is 1.78. The number of phenols is 2.